The third kappa shape index (κ3) is 2.26. The highest BCUT2D eigenvalue weighted by Gasteiger charge is 2.32. The second-order valence-electron chi connectivity index (χ2n) is 4.78. The number of fused-ring (bicyclic) bond motifs is 1. The van der Waals surface area contributed by atoms with E-state index in [-0.39, 0.29) is 18.2 Å². The first-order valence-corrected chi connectivity index (χ1v) is 7.15. The molecular formula is C15H11BrN4O. The molecule has 0 aliphatic carbocycles. The van der Waals surface area contributed by atoms with Gasteiger partial charge in [-0.05, 0) is 21.5 Å². The molecule has 0 radical (unpaired) electrons. The van der Waals surface area contributed by atoms with Gasteiger partial charge in [-0.15, -0.1) is 0 Å². The van der Waals surface area contributed by atoms with E-state index in [4.69, 9.17) is 5.73 Å². The predicted molar refractivity (Wildman–Crippen MR) is 82.6 cm³/mol. The summed E-state index contributed by atoms with van der Waals surface area (Å²) in [4.78, 5) is 16.2. The van der Waals surface area contributed by atoms with Crippen molar-refractivity contribution in [3.63, 3.8) is 0 Å². The molecule has 1 aromatic heterocycles. The lowest BCUT2D eigenvalue weighted by Gasteiger charge is -2.27. The van der Waals surface area contributed by atoms with Crippen LogP contribution < -0.4 is 11.1 Å². The van der Waals surface area contributed by atoms with Gasteiger partial charge in [0, 0.05) is 17.9 Å². The van der Waals surface area contributed by atoms with Crippen LogP contribution >= 0.6 is 15.9 Å². The van der Waals surface area contributed by atoms with Crippen molar-refractivity contribution >= 4 is 33.3 Å². The molecule has 0 fully saturated rings. The Morgan fingerprint density at radius 3 is 2.76 bits per heavy atom. The number of pyridine rings is 1. The van der Waals surface area contributed by atoms with Gasteiger partial charge in [-0.2, -0.15) is 5.26 Å². The summed E-state index contributed by atoms with van der Waals surface area (Å²) in [6, 6.07) is 11.7. The Balaban J connectivity index is 2.27. The molecular weight excluding hydrogens is 332 g/mol. The largest absolute Gasteiger partial charge is 0.383 e. The quantitative estimate of drug-likeness (QED) is 0.779. The van der Waals surface area contributed by atoms with E-state index < -0.39 is 0 Å². The fourth-order valence-electron chi connectivity index (χ4n) is 2.62. The number of halogens is 1. The number of hydrogen-bond acceptors (Lipinski definition) is 4. The Kier molecular flexibility index (Phi) is 3.35. The van der Waals surface area contributed by atoms with Gasteiger partial charge < -0.3 is 11.1 Å². The van der Waals surface area contributed by atoms with Crippen molar-refractivity contribution in [2.24, 2.45) is 0 Å². The van der Waals surface area contributed by atoms with Gasteiger partial charge in [0.05, 0.1) is 5.69 Å². The number of nitrogens with one attached hydrogen (secondary N) is 1. The fraction of sp³-hybridized carbons (Fsp3) is 0.133. The van der Waals surface area contributed by atoms with E-state index in [0.29, 0.717) is 27.2 Å². The standard InChI is InChI=1S/C15H11BrN4O/c16-14-10(7-17)13-12(15(18)20-14)9(6-11(21)19-13)8-4-2-1-3-5-8/h1-5,9H,6H2,(H2,18,20)(H,19,21). The van der Waals surface area contributed by atoms with Crippen LogP contribution in [-0.2, 0) is 4.79 Å². The monoisotopic (exact) mass is 342 g/mol. The zero-order valence-corrected chi connectivity index (χ0v) is 12.5. The molecule has 3 rings (SSSR count). The summed E-state index contributed by atoms with van der Waals surface area (Å²) in [6.07, 6.45) is 0.287. The maximum absolute atomic E-state index is 12.0. The van der Waals surface area contributed by atoms with E-state index in [1.165, 1.54) is 0 Å². The number of rotatable bonds is 1. The van der Waals surface area contributed by atoms with Gasteiger partial charge in [-0.1, -0.05) is 30.3 Å². The van der Waals surface area contributed by atoms with Gasteiger partial charge in [0.25, 0.3) is 0 Å². The summed E-state index contributed by atoms with van der Waals surface area (Å²) in [6.45, 7) is 0. The molecule has 1 aliphatic rings. The summed E-state index contributed by atoms with van der Waals surface area (Å²) < 4.78 is 0.343. The highest BCUT2D eigenvalue weighted by Crippen LogP contribution is 2.42. The molecule has 21 heavy (non-hydrogen) atoms. The molecule has 0 saturated heterocycles. The smallest absolute Gasteiger partial charge is 0.225 e. The molecule has 0 bridgehead atoms. The van der Waals surface area contributed by atoms with Crippen LogP contribution in [0.3, 0.4) is 0 Å². The minimum atomic E-state index is -0.192. The van der Waals surface area contributed by atoms with Crippen LogP contribution in [0.2, 0.25) is 0 Å². The van der Waals surface area contributed by atoms with E-state index in [0.717, 1.165) is 5.56 Å². The van der Waals surface area contributed by atoms with Gasteiger partial charge >= 0.3 is 0 Å². The first-order valence-electron chi connectivity index (χ1n) is 6.35. The number of anilines is 2. The molecule has 6 heteroatoms. The zero-order valence-electron chi connectivity index (χ0n) is 10.9. The zero-order chi connectivity index (χ0) is 15.0. The first-order chi connectivity index (χ1) is 10.1. The number of nitrogens with zero attached hydrogens (tertiary/aromatic N) is 2. The van der Waals surface area contributed by atoms with Crippen molar-refractivity contribution < 1.29 is 4.79 Å². The number of nitrogens with two attached hydrogens (primary N) is 1. The number of nitrogen functional groups attached to an aromatic ring is 1. The van der Waals surface area contributed by atoms with Crippen LogP contribution in [0.4, 0.5) is 11.5 Å². The highest BCUT2D eigenvalue weighted by atomic mass is 79.9. The molecule has 5 nitrogen and oxygen atoms in total. The SMILES string of the molecule is N#Cc1c(Br)nc(N)c2c1NC(=O)CC2c1ccccc1. The van der Waals surface area contributed by atoms with Crippen LogP contribution in [-0.4, -0.2) is 10.9 Å². The van der Waals surface area contributed by atoms with Crippen LogP contribution in [0.15, 0.2) is 34.9 Å². The van der Waals surface area contributed by atoms with Crippen molar-refractivity contribution in [3.8, 4) is 6.07 Å². The van der Waals surface area contributed by atoms with Gasteiger partial charge in [-0.3, -0.25) is 4.79 Å². The van der Waals surface area contributed by atoms with Crippen LogP contribution in [0.25, 0.3) is 0 Å². The minimum Gasteiger partial charge on any atom is -0.383 e. The van der Waals surface area contributed by atoms with Crippen molar-refractivity contribution in [2.75, 3.05) is 11.1 Å². The van der Waals surface area contributed by atoms with Gasteiger partial charge in [0.1, 0.15) is 22.1 Å². The number of hydrogen-bond donors (Lipinski definition) is 2. The molecule has 1 aliphatic heterocycles. The van der Waals surface area contributed by atoms with E-state index in [9.17, 15) is 10.1 Å². The highest BCUT2D eigenvalue weighted by molar-refractivity contribution is 9.10. The summed E-state index contributed by atoms with van der Waals surface area (Å²) in [7, 11) is 0. The molecule has 2 aromatic rings. The minimum absolute atomic E-state index is 0.134. The molecule has 104 valence electrons. The van der Waals surface area contributed by atoms with E-state index in [1.807, 2.05) is 30.3 Å². The molecule has 1 aromatic carbocycles. The van der Waals surface area contributed by atoms with Crippen molar-refractivity contribution in [1.82, 2.24) is 4.98 Å². The number of amides is 1. The maximum Gasteiger partial charge on any atom is 0.225 e. The number of aromatic nitrogens is 1. The Labute approximate surface area is 129 Å². The van der Waals surface area contributed by atoms with Crippen molar-refractivity contribution in [2.45, 2.75) is 12.3 Å². The Hall–Kier alpha value is -2.39. The third-order valence-corrected chi connectivity index (χ3v) is 4.11. The molecule has 0 spiro atoms. The molecule has 2 heterocycles. The Morgan fingerprint density at radius 1 is 1.38 bits per heavy atom. The first kappa shape index (κ1) is 13.6. The molecule has 0 saturated carbocycles. The number of benzene rings is 1. The topological polar surface area (TPSA) is 91.8 Å². The Bertz CT molecular complexity index is 767. The summed E-state index contributed by atoms with van der Waals surface area (Å²) in [5.41, 5.74) is 8.49. The molecule has 1 amide bonds. The summed E-state index contributed by atoms with van der Waals surface area (Å²) >= 11 is 3.22. The maximum atomic E-state index is 12.0. The lowest BCUT2D eigenvalue weighted by molar-refractivity contribution is -0.116. The number of carbonyl (C=O) groups is 1. The summed E-state index contributed by atoms with van der Waals surface area (Å²) in [5.74, 6) is -0.00210. The van der Waals surface area contributed by atoms with Crippen LogP contribution in [0.1, 0.15) is 29.0 Å². The van der Waals surface area contributed by atoms with Gasteiger partial charge in [-0.25, -0.2) is 4.98 Å². The average molecular weight is 343 g/mol. The Morgan fingerprint density at radius 2 is 2.10 bits per heavy atom. The van der Waals surface area contributed by atoms with Crippen molar-refractivity contribution in [1.29, 1.82) is 5.26 Å². The molecule has 3 N–H and O–H groups in total. The van der Waals surface area contributed by atoms with Gasteiger partial charge in [0.2, 0.25) is 5.91 Å². The third-order valence-electron chi connectivity index (χ3n) is 3.54. The molecule has 1 atom stereocenters. The van der Waals surface area contributed by atoms with E-state index in [1.54, 1.807) is 0 Å². The van der Waals surface area contributed by atoms with E-state index in [2.05, 4.69) is 32.3 Å². The number of carbonyl (C=O) groups excluding carboxylic acids is 1. The second-order valence-corrected chi connectivity index (χ2v) is 5.53. The van der Waals surface area contributed by atoms with Crippen LogP contribution in [0.5, 0.6) is 0 Å². The predicted octanol–water partition coefficient (Wildman–Crippen LogP) is 2.77. The van der Waals surface area contributed by atoms with Crippen LogP contribution in [0, 0.1) is 11.3 Å². The second kappa shape index (κ2) is 5.19. The average Bonchev–Trinajstić information content (AvgIpc) is 2.47. The normalized spacial score (nSPS) is 16.8. The lowest BCUT2D eigenvalue weighted by Crippen LogP contribution is -2.26. The molecule has 1 unspecified atom stereocenters. The fourth-order valence-corrected chi connectivity index (χ4v) is 3.10. The van der Waals surface area contributed by atoms with Gasteiger partial charge in [0.15, 0.2) is 0 Å². The van der Waals surface area contributed by atoms with Crippen molar-refractivity contribution in [3.05, 3.63) is 51.6 Å². The lowest BCUT2D eigenvalue weighted by atomic mass is 9.84. The summed E-state index contributed by atoms with van der Waals surface area (Å²) in [5, 5.41) is 12.0. The number of nitriles is 1. The van der Waals surface area contributed by atoms with E-state index >= 15 is 0 Å².